The summed E-state index contributed by atoms with van der Waals surface area (Å²) in [5, 5.41) is 3.65. The van der Waals surface area contributed by atoms with Crippen LogP contribution in [0.15, 0.2) is 48.0 Å². The van der Waals surface area contributed by atoms with E-state index in [2.05, 4.69) is 31.7 Å². The lowest BCUT2D eigenvalue weighted by Crippen LogP contribution is -2.52. The van der Waals surface area contributed by atoms with E-state index >= 15 is 0 Å². The van der Waals surface area contributed by atoms with E-state index in [-0.39, 0.29) is 35.2 Å². The van der Waals surface area contributed by atoms with Crippen LogP contribution in [0.1, 0.15) is 37.8 Å². The number of hydrogen-bond acceptors (Lipinski definition) is 3. The summed E-state index contributed by atoms with van der Waals surface area (Å²) < 4.78 is 21.3. The number of halogens is 2. The van der Waals surface area contributed by atoms with Crippen LogP contribution in [0, 0.1) is 11.7 Å². The van der Waals surface area contributed by atoms with E-state index in [1.54, 1.807) is 12.1 Å². The van der Waals surface area contributed by atoms with Crippen LogP contribution in [-0.4, -0.2) is 60.3 Å². The molecule has 4 rings (SSSR count). The number of likely N-dealkylation sites (tertiary alicyclic amines) is 1. The predicted octanol–water partition coefficient (Wildman–Crippen LogP) is 3.85. The summed E-state index contributed by atoms with van der Waals surface area (Å²) in [5.74, 6) is 1.33. The second-order valence-corrected chi connectivity index (χ2v) is 8.59. The number of hydrogen-bond donors (Lipinski definition) is 1. The smallest absolute Gasteiger partial charge is 0.193 e. The highest BCUT2D eigenvalue weighted by Crippen LogP contribution is 2.35. The molecule has 3 heterocycles. The first-order valence-corrected chi connectivity index (χ1v) is 10.9. The van der Waals surface area contributed by atoms with Crippen molar-refractivity contribution in [2.45, 2.75) is 37.6 Å². The van der Waals surface area contributed by atoms with Crippen molar-refractivity contribution in [2.24, 2.45) is 10.9 Å². The summed E-state index contributed by atoms with van der Waals surface area (Å²) in [7, 11) is 1.85. The molecule has 2 aromatic rings. The average molecular weight is 541 g/mol. The van der Waals surface area contributed by atoms with E-state index in [0.717, 1.165) is 58.1 Å². The van der Waals surface area contributed by atoms with Gasteiger partial charge in [0.2, 0.25) is 0 Å². The molecule has 1 aromatic carbocycles. The second kappa shape index (κ2) is 10.8. The van der Waals surface area contributed by atoms with Gasteiger partial charge in [-0.05, 0) is 42.9 Å². The maximum Gasteiger partial charge on any atom is 0.193 e. The third kappa shape index (κ3) is 5.39. The minimum absolute atomic E-state index is 0. The zero-order chi connectivity index (χ0) is 21.0. The van der Waals surface area contributed by atoms with Gasteiger partial charge in [0.25, 0.3) is 0 Å². The van der Waals surface area contributed by atoms with E-state index in [1.165, 1.54) is 5.56 Å². The van der Waals surface area contributed by atoms with Gasteiger partial charge in [-0.2, -0.15) is 0 Å². The topological polar surface area (TPSA) is 54.7 Å². The number of imidazole rings is 1. The molecule has 31 heavy (non-hydrogen) atoms. The summed E-state index contributed by atoms with van der Waals surface area (Å²) >= 11 is 0. The van der Waals surface area contributed by atoms with Crippen LogP contribution in [0.25, 0.3) is 0 Å². The highest BCUT2D eigenvalue weighted by atomic mass is 127. The van der Waals surface area contributed by atoms with Gasteiger partial charge in [-0.25, -0.2) is 9.37 Å². The summed E-state index contributed by atoms with van der Waals surface area (Å²) in [6.45, 7) is 6.41. The zero-order valence-corrected chi connectivity index (χ0v) is 20.7. The molecule has 2 aliphatic heterocycles. The number of aliphatic imine (C=N–C) groups is 1. The minimum Gasteiger partial charge on any atom is -0.381 e. The molecule has 170 valence electrons. The van der Waals surface area contributed by atoms with Crippen LogP contribution < -0.4 is 5.32 Å². The molecule has 0 radical (unpaired) electrons. The molecule has 0 aliphatic carbocycles. The number of nitrogens with zero attached hydrogens (tertiary/aromatic N) is 4. The van der Waals surface area contributed by atoms with E-state index < -0.39 is 0 Å². The van der Waals surface area contributed by atoms with Crippen LogP contribution in [0.3, 0.4) is 0 Å². The Morgan fingerprint density at radius 3 is 2.68 bits per heavy atom. The maximum atomic E-state index is 13.5. The van der Waals surface area contributed by atoms with Gasteiger partial charge in [0.1, 0.15) is 5.82 Å². The fourth-order valence-electron chi connectivity index (χ4n) is 4.81. The van der Waals surface area contributed by atoms with Crippen molar-refractivity contribution in [3.8, 4) is 0 Å². The molecule has 2 atom stereocenters. The zero-order valence-electron chi connectivity index (χ0n) is 18.3. The van der Waals surface area contributed by atoms with Crippen molar-refractivity contribution in [1.29, 1.82) is 0 Å². The van der Waals surface area contributed by atoms with Crippen molar-refractivity contribution in [3.05, 3.63) is 54.4 Å². The van der Waals surface area contributed by atoms with Crippen molar-refractivity contribution >= 4 is 29.9 Å². The van der Waals surface area contributed by atoms with E-state index in [9.17, 15) is 4.39 Å². The molecule has 8 heteroatoms. The Labute approximate surface area is 201 Å². The van der Waals surface area contributed by atoms with Crippen LogP contribution in [0.4, 0.5) is 4.39 Å². The summed E-state index contributed by atoms with van der Waals surface area (Å²) in [6, 6.07) is 7.34. The van der Waals surface area contributed by atoms with Gasteiger partial charge in [0, 0.05) is 57.7 Å². The van der Waals surface area contributed by atoms with Crippen LogP contribution in [0.5, 0.6) is 0 Å². The molecule has 2 aliphatic rings. The third-order valence-electron chi connectivity index (χ3n) is 6.83. The molecule has 1 N–H and O–H groups in total. The Morgan fingerprint density at radius 2 is 2.03 bits per heavy atom. The fraction of sp³-hybridized carbons (Fsp3) is 0.565. The molecule has 2 fully saturated rings. The van der Waals surface area contributed by atoms with E-state index in [4.69, 9.17) is 4.74 Å². The quantitative estimate of drug-likeness (QED) is 0.363. The van der Waals surface area contributed by atoms with Gasteiger partial charge in [-0.3, -0.25) is 4.99 Å². The first-order valence-electron chi connectivity index (χ1n) is 10.9. The molecule has 1 aromatic heterocycles. The number of benzene rings is 1. The van der Waals surface area contributed by atoms with Crippen LogP contribution >= 0.6 is 24.0 Å². The fourth-order valence-corrected chi connectivity index (χ4v) is 4.81. The Hall–Kier alpha value is -1.68. The molecule has 0 bridgehead atoms. The van der Waals surface area contributed by atoms with Gasteiger partial charge in [0.05, 0.1) is 12.4 Å². The SMILES string of the molecule is CN=C(NCC1(c2ccc(F)cc2)CCOCC1)N1CCC(C)C(n2ccnc2)C1.I. The van der Waals surface area contributed by atoms with Crippen LogP contribution in [0.2, 0.25) is 0 Å². The molecule has 0 amide bonds. The van der Waals surface area contributed by atoms with Crippen molar-refractivity contribution in [1.82, 2.24) is 19.8 Å². The van der Waals surface area contributed by atoms with Gasteiger partial charge < -0.3 is 19.5 Å². The first kappa shape index (κ1) is 24.0. The summed E-state index contributed by atoms with van der Waals surface area (Å²) in [6.07, 6.45) is 8.74. The highest BCUT2D eigenvalue weighted by molar-refractivity contribution is 14.0. The average Bonchev–Trinajstić information content (AvgIpc) is 3.31. The molecular formula is C23H33FIN5O. The van der Waals surface area contributed by atoms with Gasteiger partial charge in [0.15, 0.2) is 5.96 Å². The number of rotatable bonds is 4. The Balaban J connectivity index is 0.00000272. The Kier molecular flexibility index (Phi) is 8.32. The highest BCUT2D eigenvalue weighted by Gasteiger charge is 2.36. The number of piperidine rings is 1. The Bertz CT molecular complexity index is 836. The Morgan fingerprint density at radius 1 is 1.29 bits per heavy atom. The second-order valence-electron chi connectivity index (χ2n) is 8.59. The molecule has 0 saturated carbocycles. The minimum atomic E-state index is -0.197. The van der Waals surface area contributed by atoms with E-state index in [1.807, 2.05) is 37.9 Å². The molecule has 2 unspecified atom stereocenters. The number of aromatic nitrogens is 2. The third-order valence-corrected chi connectivity index (χ3v) is 6.83. The van der Waals surface area contributed by atoms with Gasteiger partial charge in [-0.15, -0.1) is 24.0 Å². The number of ether oxygens (including phenoxy) is 1. The lowest BCUT2D eigenvalue weighted by molar-refractivity contribution is 0.0510. The lowest BCUT2D eigenvalue weighted by Gasteiger charge is -2.42. The van der Waals surface area contributed by atoms with Gasteiger partial charge >= 0.3 is 0 Å². The van der Waals surface area contributed by atoms with Crippen molar-refractivity contribution < 1.29 is 9.13 Å². The number of nitrogens with one attached hydrogen (secondary N) is 1. The van der Waals surface area contributed by atoms with Gasteiger partial charge in [-0.1, -0.05) is 19.1 Å². The molecule has 0 spiro atoms. The largest absolute Gasteiger partial charge is 0.381 e. The lowest BCUT2D eigenvalue weighted by atomic mass is 9.74. The monoisotopic (exact) mass is 541 g/mol. The molecule has 6 nitrogen and oxygen atoms in total. The summed E-state index contributed by atoms with van der Waals surface area (Å²) in [5.41, 5.74) is 1.09. The summed E-state index contributed by atoms with van der Waals surface area (Å²) in [4.78, 5) is 11.2. The molecular weight excluding hydrogens is 508 g/mol. The van der Waals surface area contributed by atoms with Crippen LogP contribution in [-0.2, 0) is 10.2 Å². The van der Waals surface area contributed by atoms with Crippen molar-refractivity contribution in [2.75, 3.05) is 39.9 Å². The predicted molar refractivity (Wildman–Crippen MR) is 132 cm³/mol. The van der Waals surface area contributed by atoms with E-state index in [0.29, 0.717) is 12.0 Å². The first-order chi connectivity index (χ1) is 14.6. The normalized spacial score (nSPS) is 23.8. The molecule has 2 saturated heterocycles. The number of guanidine groups is 1. The maximum absolute atomic E-state index is 13.5. The standard InChI is InChI=1S/C23H32FN5O.HI/c1-18-7-11-28(15-21(18)29-12-10-26-17-29)22(25-2)27-16-23(8-13-30-14-9-23)19-3-5-20(24)6-4-19;/h3-6,10,12,17-18,21H,7-9,11,13-16H2,1-2H3,(H,25,27);1H. The van der Waals surface area contributed by atoms with Crippen molar-refractivity contribution in [3.63, 3.8) is 0 Å².